The summed E-state index contributed by atoms with van der Waals surface area (Å²) in [7, 11) is -1.81. The molecule has 1 aromatic carbocycles. The van der Waals surface area contributed by atoms with Gasteiger partial charge in [0, 0.05) is 0 Å². The Morgan fingerprint density at radius 3 is 2.28 bits per heavy atom. The fourth-order valence-electron chi connectivity index (χ4n) is 1.42. The van der Waals surface area contributed by atoms with Gasteiger partial charge >= 0.3 is 8.60 Å². The van der Waals surface area contributed by atoms with Crippen LogP contribution >= 0.6 is 8.60 Å². The lowest BCUT2D eigenvalue weighted by Gasteiger charge is -2.19. The third kappa shape index (κ3) is 5.34. The standard InChI is InChI=1S/C14H23O3P/c1-5-6-11-16-18(15)17-13-9-7-12(8-10-13)14(2,3)4/h7-10,15H,5-6,11H2,1-4H3. The van der Waals surface area contributed by atoms with E-state index in [1.807, 2.05) is 24.3 Å². The van der Waals surface area contributed by atoms with E-state index in [0.717, 1.165) is 12.8 Å². The third-order valence-electron chi connectivity index (χ3n) is 2.60. The third-order valence-corrected chi connectivity index (χ3v) is 3.37. The Kier molecular flexibility index (Phi) is 6.07. The van der Waals surface area contributed by atoms with Crippen molar-refractivity contribution in [3.05, 3.63) is 29.8 Å². The van der Waals surface area contributed by atoms with Gasteiger partial charge in [0.25, 0.3) is 0 Å². The van der Waals surface area contributed by atoms with Gasteiger partial charge in [0.2, 0.25) is 0 Å². The molecule has 0 bridgehead atoms. The van der Waals surface area contributed by atoms with E-state index in [2.05, 4.69) is 27.7 Å². The van der Waals surface area contributed by atoms with E-state index < -0.39 is 8.60 Å². The molecule has 0 heterocycles. The second kappa shape index (κ2) is 7.08. The van der Waals surface area contributed by atoms with E-state index in [1.165, 1.54) is 5.56 Å². The van der Waals surface area contributed by atoms with Crippen molar-refractivity contribution in [2.75, 3.05) is 6.61 Å². The summed E-state index contributed by atoms with van der Waals surface area (Å²) in [5.74, 6) is 0.646. The molecule has 1 atom stereocenters. The van der Waals surface area contributed by atoms with Crippen LogP contribution in [-0.4, -0.2) is 11.5 Å². The summed E-state index contributed by atoms with van der Waals surface area (Å²) in [6.07, 6.45) is 1.98. The molecule has 0 fully saturated rings. The van der Waals surface area contributed by atoms with Crippen molar-refractivity contribution in [1.82, 2.24) is 0 Å². The highest BCUT2D eigenvalue weighted by Gasteiger charge is 2.14. The fourth-order valence-corrected chi connectivity index (χ4v) is 2.06. The smallest absolute Gasteiger partial charge is 0.394 e. The van der Waals surface area contributed by atoms with E-state index in [9.17, 15) is 4.89 Å². The van der Waals surface area contributed by atoms with Gasteiger partial charge in [-0.3, -0.25) is 0 Å². The molecule has 1 unspecified atom stereocenters. The first kappa shape index (κ1) is 15.4. The predicted octanol–water partition coefficient (Wildman–Crippen LogP) is 4.40. The first-order valence-corrected chi connectivity index (χ1v) is 7.47. The topological polar surface area (TPSA) is 38.7 Å². The summed E-state index contributed by atoms with van der Waals surface area (Å²) in [5.41, 5.74) is 1.36. The van der Waals surface area contributed by atoms with Gasteiger partial charge in [0.15, 0.2) is 0 Å². The maximum absolute atomic E-state index is 9.58. The molecule has 0 spiro atoms. The van der Waals surface area contributed by atoms with Crippen LogP contribution in [0.4, 0.5) is 0 Å². The van der Waals surface area contributed by atoms with Crippen molar-refractivity contribution in [3.8, 4) is 5.75 Å². The first-order chi connectivity index (χ1) is 8.43. The summed E-state index contributed by atoms with van der Waals surface area (Å²) < 4.78 is 10.5. The zero-order valence-corrected chi connectivity index (χ0v) is 12.5. The van der Waals surface area contributed by atoms with Crippen LogP contribution < -0.4 is 4.52 Å². The highest BCUT2D eigenvalue weighted by molar-refractivity contribution is 7.41. The molecular formula is C14H23O3P. The van der Waals surface area contributed by atoms with Crippen LogP contribution in [0.2, 0.25) is 0 Å². The summed E-state index contributed by atoms with van der Waals surface area (Å²) in [6, 6.07) is 7.78. The van der Waals surface area contributed by atoms with E-state index in [4.69, 9.17) is 9.05 Å². The van der Waals surface area contributed by atoms with Gasteiger partial charge in [-0.05, 0) is 29.5 Å². The number of rotatable bonds is 6. The van der Waals surface area contributed by atoms with Crippen molar-refractivity contribution in [2.45, 2.75) is 46.0 Å². The zero-order chi connectivity index (χ0) is 13.6. The summed E-state index contributed by atoms with van der Waals surface area (Å²) >= 11 is 0. The Morgan fingerprint density at radius 1 is 1.17 bits per heavy atom. The van der Waals surface area contributed by atoms with Crippen LogP contribution in [-0.2, 0) is 9.94 Å². The Labute approximate surface area is 111 Å². The van der Waals surface area contributed by atoms with Crippen LogP contribution in [0.15, 0.2) is 24.3 Å². The minimum absolute atomic E-state index is 0.125. The molecule has 0 radical (unpaired) electrons. The molecule has 4 heteroatoms. The lowest BCUT2D eigenvalue weighted by Crippen LogP contribution is -2.10. The normalized spacial score (nSPS) is 13.4. The van der Waals surface area contributed by atoms with Crippen LogP contribution in [0.1, 0.15) is 46.1 Å². The van der Waals surface area contributed by atoms with Gasteiger partial charge in [-0.2, -0.15) is 0 Å². The van der Waals surface area contributed by atoms with Gasteiger partial charge in [-0.1, -0.05) is 46.2 Å². The molecule has 18 heavy (non-hydrogen) atoms. The Hall–Kier alpha value is -0.630. The average molecular weight is 270 g/mol. The SMILES string of the molecule is CCCCOP(O)Oc1ccc(C(C)(C)C)cc1. The summed E-state index contributed by atoms with van der Waals surface area (Å²) in [6.45, 7) is 9.11. The maximum Gasteiger partial charge on any atom is 0.394 e. The molecule has 1 rings (SSSR count). The van der Waals surface area contributed by atoms with Crippen LogP contribution in [0.25, 0.3) is 0 Å². The Morgan fingerprint density at radius 2 is 1.78 bits per heavy atom. The van der Waals surface area contributed by atoms with E-state index >= 15 is 0 Å². The van der Waals surface area contributed by atoms with E-state index in [1.54, 1.807) is 0 Å². The molecule has 0 aliphatic carbocycles. The minimum Gasteiger partial charge on any atom is -0.427 e. The molecular weight excluding hydrogens is 247 g/mol. The number of hydrogen-bond acceptors (Lipinski definition) is 3. The second-order valence-corrected chi connectivity index (χ2v) is 6.21. The number of unbranched alkanes of at least 4 members (excludes halogenated alkanes) is 1. The van der Waals surface area contributed by atoms with Gasteiger partial charge in [0.1, 0.15) is 5.75 Å². The van der Waals surface area contributed by atoms with Gasteiger partial charge < -0.3 is 13.9 Å². The fraction of sp³-hybridized carbons (Fsp3) is 0.571. The van der Waals surface area contributed by atoms with E-state index in [-0.39, 0.29) is 5.41 Å². The Balaban J connectivity index is 2.48. The quantitative estimate of drug-likeness (QED) is 0.615. The van der Waals surface area contributed by atoms with Crippen LogP contribution in [0.5, 0.6) is 5.75 Å². The predicted molar refractivity (Wildman–Crippen MR) is 75.8 cm³/mol. The molecule has 3 nitrogen and oxygen atoms in total. The number of hydrogen-bond donors (Lipinski definition) is 1. The largest absolute Gasteiger partial charge is 0.427 e. The van der Waals surface area contributed by atoms with Gasteiger partial charge in [-0.25, -0.2) is 0 Å². The summed E-state index contributed by atoms with van der Waals surface area (Å²) in [5, 5.41) is 0. The molecule has 0 aliphatic rings. The summed E-state index contributed by atoms with van der Waals surface area (Å²) in [4.78, 5) is 9.58. The van der Waals surface area contributed by atoms with Crippen LogP contribution in [0, 0.1) is 0 Å². The lowest BCUT2D eigenvalue weighted by molar-refractivity contribution is 0.256. The average Bonchev–Trinajstić information content (AvgIpc) is 2.29. The second-order valence-electron chi connectivity index (χ2n) is 5.29. The monoisotopic (exact) mass is 270 g/mol. The highest BCUT2D eigenvalue weighted by Crippen LogP contribution is 2.35. The number of benzene rings is 1. The highest BCUT2D eigenvalue weighted by atomic mass is 31.2. The molecule has 0 amide bonds. The van der Waals surface area contributed by atoms with Crippen molar-refractivity contribution in [1.29, 1.82) is 0 Å². The lowest BCUT2D eigenvalue weighted by atomic mass is 9.87. The van der Waals surface area contributed by atoms with Crippen molar-refractivity contribution >= 4 is 8.60 Å². The van der Waals surface area contributed by atoms with Gasteiger partial charge in [-0.15, -0.1) is 0 Å². The molecule has 1 aromatic rings. The molecule has 102 valence electrons. The molecule has 0 saturated carbocycles. The molecule has 0 saturated heterocycles. The minimum atomic E-state index is -1.81. The zero-order valence-electron chi connectivity index (χ0n) is 11.6. The maximum atomic E-state index is 9.58. The van der Waals surface area contributed by atoms with Crippen molar-refractivity contribution in [2.24, 2.45) is 0 Å². The van der Waals surface area contributed by atoms with Gasteiger partial charge in [0.05, 0.1) is 6.61 Å². The van der Waals surface area contributed by atoms with Crippen molar-refractivity contribution < 1.29 is 13.9 Å². The molecule has 0 aromatic heterocycles. The van der Waals surface area contributed by atoms with E-state index in [0.29, 0.717) is 12.4 Å². The Bertz CT molecular complexity index is 343. The molecule has 1 N–H and O–H groups in total. The van der Waals surface area contributed by atoms with Crippen LogP contribution in [0.3, 0.4) is 0 Å². The first-order valence-electron chi connectivity index (χ1n) is 6.34. The van der Waals surface area contributed by atoms with Crippen molar-refractivity contribution in [3.63, 3.8) is 0 Å². The molecule has 0 aliphatic heterocycles.